The van der Waals surface area contributed by atoms with E-state index in [0.717, 1.165) is 38.3 Å². The van der Waals surface area contributed by atoms with Crippen LogP contribution >= 0.6 is 0 Å². The topological polar surface area (TPSA) is 44.7 Å². The maximum absolute atomic E-state index is 9.52. The Labute approximate surface area is 118 Å². The van der Waals surface area contributed by atoms with Gasteiger partial charge in [-0.25, -0.2) is 0 Å². The summed E-state index contributed by atoms with van der Waals surface area (Å²) in [4.78, 5) is 2.56. The Morgan fingerprint density at radius 3 is 2.53 bits per heavy atom. The zero-order valence-electron chi connectivity index (χ0n) is 13.0. The Morgan fingerprint density at radius 1 is 1.37 bits per heavy atom. The minimum Gasteiger partial charge on any atom is -0.394 e. The van der Waals surface area contributed by atoms with Crippen molar-refractivity contribution < 1.29 is 9.84 Å². The van der Waals surface area contributed by atoms with Crippen LogP contribution in [-0.2, 0) is 4.74 Å². The molecule has 2 N–H and O–H groups in total. The molecule has 4 nitrogen and oxygen atoms in total. The van der Waals surface area contributed by atoms with Crippen molar-refractivity contribution in [2.24, 2.45) is 5.92 Å². The predicted molar refractivity (Wildman–Crippen MR) is 79.4 cm³/mol. The summed E-state index contributed by atoms with van der Waals surface area (Å²) in [5.41, 5.74) is -0.0750. The highest BCUT2D eigenvalue weighted by atomic mass is 16.5. The second-order valence-corrected chi connectivity index (χ2v) is 5.89. The molecule has 1 heterocycles. The highest BCUT2D eigenvalue weighted by Crippen LogP contribution is 2.20. The first-order valence-electron chi connectivity index (χ1n) is 7.70. The molecule has 1 aliphatic heterocycles. The van der Waals surface area contributed by atoms with E-state index in [-0.39, 0.29) is 12.1 Å². The van der Waals surface area contributed by atoms with Crippen LogP contribution in [0.1, 0.15) is 39.0 Å². The molecular formula is C15H32N2O2. The molecule has 114 valence electrons. The Kier molecular flexibility index (Phi) is 7.91. The standard InChI is InChI=1S/C15H32N2O2/c1-4-15(13-18,16-2)8-5-9-17-10-6-14(7-11-17)12-19-3/h14,16,18H,4-13H2,1-3H3. The third-order valence-electron chi connectivity index (χ3n) is 4.75. The monoisotopic (exact) mass is 272 g/mol. The van der Waals surface area contributed by atoms with Crippen molar-refractivity contribution in [3.8, 4) is 0 Å². The van der Waals surface area contributed by atoms with E-state index in [1.165, 1.54) is 25.9 Å². The molecule has 0 aromatic carbocycles. The van der Waals surface area contributed by atoms with Crippen molar-refractivity contribution in [2.45, 2.75) is 44.6 Å². The van der Waals surface area contributed by atoms with Gasteiger partial charge in [0.2, 0.25) is 0 Å². The van der Waals surface area contributed by atoms with Crippen LogP contribution in [0.15, 0.2) is 0 Å². The molecular weight excluding hydrogens is 240 g/mol. The van der Waals surface area contributed by atoms with E-state index in [2.05, 4.69) is 17.1 Å². The summed E-state index contributed by atoms with van der Waals surface area (Å²) in [7, 11) is 3.75. The molecule has 0 aromatic heterocycles. The number of ether oxygens (including phenoxy) is 1. The molecule has 1 atom stereocenters. The number of hydrogen-bond donors (Lipinski definition) is 2. The quantitative estimate of drug-likeness (QED) is 0.667. The van der Waals surface area contributed by atoms with Gasteiger partial charge in [0.15, 0.2) is 0 Å². The van der Waals surface area contributed by atoms with Gasteiger partial charge in [0, 0.05) is 19.3 Å². The van der Waals surface area contributed by atoms with Crippen LogP contribution in [0, 0.1) is 5.92 Å². The molecule has 0 saturated carbocycles. The third-order valence-corrected chi connectivity index (χ3v) is 4.75. The summed E-state index contributed by atoms with van der Waals surface area (Å²) in [5.74, 6) is 0.755. The van der Waals surface area contributed by atoms with Crippen molar-refractivity contribution in [3.05, 3.63) is 0 Å². The van der Waals surface area contributed by atoms with Crippen LogP contribution in [0.5, 0.6) is 0 Å². The minimum absolute atomic E-state index is 0.0750. The summed E-state index contributed by atoms with van der Waals surface area (Å²) >= 11 is 0. The van der Waals surface area contributed by atoms with Crippen LogP contribution in [0.3, 0.4) is 0 Å². The number of aliphatic hydroxyl groups excluding tert-OH is 1. The van der Waals surface area contributed by atoms with Crippen molar-refractivity contribution in [2.75, 3.05) is 47.0 Å². The second-order valence-electron chi connectivity index (χ2n) is 5.89. The molecule has 1 rings (SSSR count). The number of methoxy groups -OCH3 is 1. The fourth-order valence-electron chi connectivity index (χ4n) is 3.00. The van der Waals surface area contributed by atoms with E-state index in [4.69, 9.17) is 4.74 Å². The van der Waals surface area contributed by atoms with E-state index in [9.17, 15) is 5.11 Å². The van der Waals surface area contributed by atoms with E-state index in [1.807, 2.05) is 7.05 Å². The number of nitrogens with one attached hydrogen (secondary N) is 1. The maximum atomic E-state index is 9.52. The van der Waals surface area contributed by atoms with Gasteiger partial charge in [-0.05, 0) is 64.7 Å². The fourth-order valence-corrected chi connectivity index (χ4v) is 3.00. The first-order valence-corrected chi connectivity index (χ1v) is 7.70. The van der Waals surface area contributed by atoms with Gasteiger partial charge in [0.25, 0.3) is 0 Å². The lowest BCUT2D eigenvalue weighted by atomic mass is 9.91. The van der Waals surface area contributed by atoms with Gasteiger partial charge < -0.3 is 20.1 Å². The Hall–Kier alpha value is -0.160. The van der Waals surface area contributed by atoms with Crippen LogP contribution in [0.2, 0.25) is 0 Å². The average molecular weight is 272 g/mol. The number of piperidine rings is 1. The molecule has 0 spiro atoms. The van der Waals surface area contributed by atoms with Gasteiger partial charge in [-0.1, -0.05) is 6.92 Å². The predicted octanol–water partition coefficient (Wildman–Crippen LogP) is 1.49. The molecule has 0 aliphatic carbocycles. The first-order chi connectivity index (χ1) is 9.19. The fraction of sp³-hybridized carbons (Fsp3) is 1.00. The van der Waals surface area contributed by atoms with Crippen LogP contribution in [0.25, 0.3) is 0 Å². The molecule has 1 saturated heterocycles. The molecule has 1 fully saturated rings. The highest BCUT2D eigenvalue weighted by Gasteiger charge is 2.25. The van der Waals surface area contributed by atoms with E-state index in [0.29, 0.717) is 0 Å². The molecule has 0 amide bonds. The summed E-state index contributed by atoms with van der Waals surface area (Å²) in [6.07, 6.45) is 5.71. The van der Waals surface area contributed by atoms with Crippen molar-refractivity contribution in [1.29, 1.82) is 0 Å². The van der Waals surface area contributed by atoms with Crippen molar-refractivity contribution in [1.82, 2.24) is 10.2 Å². The number of nitrogens with zero attached hydrogens (tertiary/aromatic N) is 1. The number of rotatable bonds is 9. The largest absolute Gasteiger partial charge is 0.394 e. The number of hydrogen-bond acceptors (Lipinski definition) is 4. The van der Waals surface area contributed by atoms with E-state index < -0.39 is 0 Å². The molecule has 0 aromatic rings. The maximum Gasteiger partial charge on any atom is 0.0613 e. The zero-order chi connectivity index (χ0) is 14.1. The molecule has 1 unspecified atom stereocenters. The van der Waals surface area contributed by atoms with Crippen LogP contribution < -0.4 is 5.32 Å². The van der Waals surface area contributed by atoms with E-state index in [1.54, 1.807) is 7.11 Å². The lowest BCUT2D eigenvalue weighted by molar-refractivity contribution is 0.0949. The number of likely N-dealkylation sites (N-methyl/N-ethyl adjacent to an activating group) is 1. The lowest BCUT2D eigenvalue weighted by Gasteiger charge is -2.34. The number of likely N-dealkylation sites (tertiary alicyclic amines) is 1. The van der Waals surface area contributed by atoms with Gasteiger partial charge in [0.1, 0.15) is 0 Å². The summed E-state index contributed by atoms with van der Waals surface area (Å²) in [6, 6.07) is 0. The van der Waals surface area contributed by atoms with E-state index >= 15 is 0 Å². The second kappa shape index (κ2) is 8.90. The molecule has 0 radical (unpaired) electrons. The summed E-state index contributed by atoms with van der Waals surface area (Å²) < 4.78 is 5.23. The molecule has 4 heteroatoms. The molecule has 0 bridgehead atoms. The van der Waals surface area contributed by atoms with Crippen molar-refractivity contribution >= 4 is 0 Å². The Balaban J connectivity index is 2.20. The first kappa shape index (κ1) is 16.9. The Morgan fingerprint density at radius 2 is 2.05 bits per heavy atom. The highest BCUT2D eigenvalue weighted by molar-refractivity contribution is 4.85. The summed E-state index contributed by atoms with van der Waals surface area (Å²) in [5, 5.41) is 12.8. The van der Waals surface area contributed by atoms with Gasteiger partial charge in [0.05, 0.1) is 6.61 Å². The zero-order valence-corrected chi connectivity index (χ0v) is 13.0. The SMILES string of the molecule is CCC(CO)(CCCN1CCC(COC)CC1)NC. The molecule has 1 aliphatic rings. The van der Waals surface area contributed by atoms with Crippen LogP contribution in [-0.4, -0.2) is 62.6 Å². The van der Waals surface area contributed by atoms with Crippen LogP contribution in [0.4, 0.5) is 0 Å². The lowest BCUT2D eigenvalue weighted by Crippen LogP contribution is -2.46. The third kappa shape index (κ3) is 5.38. The normalized spacial score (nSPS) is 21.5. The number of aliphatic hydroxyl groups is 1. The molecule has 19 heavy (non-hydrogen) atoms. The van der Waals surface area contributed by atoms with Gasteiger partial charge in [-0.15, -0.1) is 0 Å². The smallest absolute Gasteiger partial charge is 0.0613 e. The Bertz CT molecular complexity index is 216. The minimum atomic E-state index is -0.0750. The van der Waals surface area contributed by atoms with Gasteiger partial charge in [-0.2, -0.15) is 0 Å². The van der Waals surface area contributed by atoms with Crippen molar-refractivity contribution in [3.63, 3.8) is 0 Å². The van der Waals surface area contributed by atoms with Gasteiger partial charge >= 0.3 is 0 Å². The average Bonchev–Trinajstić information content (AvgIpc) is 2.46. The van der Waals surface area contributed by atoms with Gasteiger partial charge in [-0.3, -0.25) is 0 Å². The summed E-state index contributed by atoms with van der Waals surface area (Å²) in [6.45, 7) is 6.84.